The van der Waals surface area contributed by atoms with E-state index in [0.29, 0.717) is 19.5 Å². The normalized spacial score (nSPS) is 27.8. The van der Waals surface area contributed by atoms with Crippen LogP contribution in [0.2, 0.25) is 0 Å². The van der Waals surface area contributed by atoms with Gasteiger partial charge in [0, 0.05) is 24.0 Å². The van der Waals surface area contributed by atoms with E-state index in [1.807, 2.05) is 61.5 Å². The van der Waals surface area contributed by atoms with Crippen molar-refractivity contribution in [2.45, 2.75) is 73.0 Å². The first kappa shape index (κ1) is 20.5. The number of allylic oxidation sites excluding steroid dienone is 1. The van der Waals surface area contributed by atoms with Gasteiger partial charge in [-0.05, 0) is 54.9 Å². The summed E-state index contributed by atoms with van der Waals surface area (Å²) in [5.74, 6) is -0.0367. The van der Waals surface area contributed by atoms with Crippen molar-refractivity contribution in [3.63, 3.8) is 0 Å². The highest BCUT2D eigenvalue weighted by molar-refractivity contribution is 5.85. The molecule has 138 valence electrons. The average Bonchev–Trinajstić information content (AvgIpc) is 2.59. The summed E-state index contributed by atoms with van der Waals surface area (Å²) in [6.45, 7) is 20.0. The van der Waals surface area contributed by atoms with Gasteiger partial charge in [-0.1, -0.05) is 13.0 Å². The van der Waals surface area contributed by atoms with Gasteiger partial charge in [-0.3, -0.25) is 4.79 Å². The summed E-state index contributed by atoms with van der Waals surface area (Å²) in [6.07, 6.45) is 2.10. The summed E-state index contributed by atoms with van der Waals surface area (Å²) >= 11 is 0. The van der Waals surface area contributed by atoms with Crippen LogP contribution in [0.25, 0.3) is 0 Å². The van der Waals surface area contributed by atoms with Crippen molar-refractivity contribution in [1.82, 2.24) is 10.2 Å². The number of nitrogens with one attached hydrogen (secondary N) is 1. The Morgan fingerprint density at radius 2 is 1.71 bits per heavy atom. The number of ether oxygens (including phenoxy) is 1. The molecule has 2 unspecified atom stereocenters. The number of hydrogen-bond donors (Lipinski definition) is 1. The summed E-state index contributed by atoms with van der Waals surface area (Å²) in [5.41, 5.74) is -1.97. The van der Waals surface area contributed by atoms with Crippen LogP contribution in [0, 0.1) is 10.8 Å². The molecule has 0 aromatic heterocycles. The third-order valence-electron chi connectivity index (χ3n) is 4.62. The van der Waals surface area contributed by atoms with Crippen LogP contribution >= 0.6 is 0 Å². The Balaban J connectivity index is 3.10. The Labute approximate surface area is 146 Å². The number of amides is 2. The molecule has 0 aliphatic carbocycles. The number of likely N-dealkylation sites (tertiary alicyclic amines) is 1. The van der Waals surface area contributed by atoms with Crippen molar-refractivity contribution in [3.05, 3.63) is 12.7 Å². The Morgan fingerprint density at radius 3 is 2.12 bits per heavy atom. The Hall–Kier alpha value is -1.52. The van der Waals surface area contributed by atoms with Crippen molar-refractivity contribution in [2.75, 3.05) is 13.1 Å². The van der Waals surface area contributed by atoms with Gasteiger partial charge in [0.1, 0.15) is 5.60 Å². The standard InChI is InChI=1S/C19H34N2O3/c1-10-11-18(8)12-21(15(23)24-17(5,6)7)13-19(18,9)14(22)20-16(2,3)4/h10H,1,11-13H2,2-9H3,(H,20,22). The van der Waals surface area contributed by atoms with E-state index in [2.05, 4.69) is 11.9 Å². The number of carbonyl (C=O) groups excluding carboxylic acids is 2. The van der Waals surface area contributed by atoms with Gasteiger partial charge in [-0.2, -0.15) is 0 Å². The molecule has 5 nitrogen and oxygen atoms in total. The van der Waals surface area contributed by atoms with Gasteiger partial charge in [-0.25, -0.2) is 4.79 Å². The van der Waals surface area contributed by atoms with Gasteiger partial charge in [0.2, 0.25) is 5.91 Å². The summed E-state index contributed by atoms with van der Waals surface area (Å²) in [6, 6.07) is 0. The predicted molar refractivity (Wildman–Crippen MR) is 96.7 cm³/mol. The zero-order valence-corrected chi connectivity index (χ0v) is 16.6. The van der Waals surface area contributed by atoms with Crippen LogP contribution in [0.15, 0.2) is 12.7 Å². The molecule has 5 heteroatoms. The fraction of sp³-hybridized carbons (Fsp3) is 0.789. The van der Waals surface area contributed by atoms with E-state index in [1.54, 1.807) is 4.90 Å². The first-order valence-electron chi connectivity index (χ1n) is 8.55. The van der Waals surface area contributed by atoms with E-state index in [1.165, 1.54) is 0 Å². The predicted octanol–water partition coefficient (Wildman–Crippen LogP) is 3.74. The lowest BCUT2D eigenvalue weighted by Crippen LogP contribution is -2.54. The van der Waals surface area contributed by atoms with Gasteiger partial charge in [-0.15, -0.1) is 6.58 Å². The zero-order chi connectivity index (χ0) is 19.0. The lowest BCUT2D eigenvalue weighted by atomic mass is 9.65. The second kappa shape index (κ2) is 6.41. The number of nitrogens with zero attached hydrogens (tertiary/aromatic N) is 1. The molecule has 2 amide bonds. The average molecular weight is 338 g/mol. The maximum absolute atomic E-state index is 13.0. The highest BCUT2D eigenvalue weighted by Gasteiger charge is 2.57. The fourth-order valence-corrected chi connectivity index (χ4v) is 3.11. The molecule has 2 atom stereocenters. The molecule has 0 spiro atoms. The van der Waals surface area contributed by atoms with Gasteiger partial charge in [0.15, 0.2) is 0 Å². The first-order valence-corrected chi connectivity index (χ1v) is 8.55. The SMILES string of the molecule is C=CCC1(C)CN(C(=O)OC(C)(C)C)CC1(C)C(=O)NC(C)(C)C. The maximum Gasteiger partial charge on any atom is 0.410 e. The van der Waals surface area contributed by atoms with Crippen LogP contribution in [-0.2, 0) is 9.53 Å². The molecule has 24 heavy (non-hydrogen) atoms. The van der Waals surface area contributed by atoms with Crippen molar-refractivity contribution >= 4 is 12.0 Å². The molecule has 0 aromatic carbocycles. The van der Waals surface area contributed by atoms with Crippen molar-refractivity contribution in [2.24, 2.45) is 10.8 Å². The quantitative estimate of drug-likeness (QED) is 0.798. The molecular formula is C19H34N2O3. The van der Waals surface area contributed by atoms with E-state index < -0.39 is 11.0 Å². The van der Waals surface area contributed by atoms with E-state index in [-0.39, 0.29) is 23.0 Å². The second-order valence-corrected chi connectivity index (χ2v) is 9.43. The minimum atomic E-state index is -0.703. The third kappa shape index (κ3) is 4.52. The topological polar surface area (TPSA) is 58.6 Å². The van der Waals surface area contributed by atoms with Gasteiger partial charge >= 0.3 is 6.09 Å². The summed E-state index contributed by atoms with van der Waals surface area (Å²) < 4.78 is 5.50. The number of hydrogen-bond acceptors (Lipinski definition) is 3. The van der Waals surface area contributed by atoms with Gasteiger partial charge in [0.05, 0.1) is 5.41 Å². The Morgan fingerprint density at radius 1 is 1.17 bits per heavy atom. The van der Waals surface area contributed by atoms with Crippen LogP contribution in [0.4, 0.5) is 4.79 Å². The lowest BCUT2D eigenvalue weighted by Gasteiger charge is -2.39. The molecular weight excluding hydrogens is 304 g/mol. The van der Waals surface area contributed by atoms with Crippen LogP contribution in [0.5, 0.6) is 0 Å². The summed E-state index contributed by atoms with van der Waals surface area (Å²) in [7, 11) is 0. The van der Waals surface area contributed by atoms with E-state index >= 15 is 0 Å². The third-order valence-corrected chi connectivity index (χ3v) is 4.62. The highest BCUT2D eigenvalue weighted by Crippen LogP contribution is 2.49. The van der Waals surface area contributed by atoms with Gasteiger partial charge in [0.25, 0.3) is 0 Å². The minimum absolute atomic E-state index is 0.0367. The van der Waals surface area contributed by atoms with E-state index in [4.69, 9.17) is 4.74 Å². The van der Waals surface area contributed by atoms with Crippen LogP contribution in [0.3, 0.4) is 0 Å². The molecule has 1 saturated heterocycles. The summed E-state index contributed by atoms with van der Waals surface area (Å²) in [4.78, 5) is 27.1. The minimum Gasteiger partial charge on any atom is -0.444 e. The molecule has 1 aliphatic rings. The van der Waals surface area contributed by atoms with Crippen LogP contribution in [-0.4, -0.2) is 41.1 Å². The van der Waals surface area contributed by atoms with E-state index in [0.717, 1.165) is 0 Å². The molecule has 1 N–H and O–H groups in total. The van der Waals surface area contributed by atoms with Crippen molar-refractivity contribution in [3.8, 4) is 0 Å². The fourth-order valence-electron chi connectivity index (χ4n) is 3.11. The molecule has 1 fully saturated rings. The number of carbonyl (C=O) groups is 2. The maximum atomic E-state index is 13.0. The molecule has 0 radical (unpaired) electrons. The molecule has 0 bridgehead atoms. The Kier molecular flexibility index (Phi) is 5.48. The molecule has 1 aliphatic heterocycles. The van der Waals surface area contributed by atoms with E-state index in [9.17, 15) is 9.59 Å². The molecule has 0 aromatic rings. The van der Waals surface area contributed by atoms with Crippen LogP contribution < -0.4 is 5.32 Å². The number of rotatable bonds is 3. The second-order valence-electron chi connectivity index (χ2n) is 9.43. The van der Waals surface area contributed by atoms with Crippen LogP contribution in [0.1, 0.15) is 61.8 Å². The van der Waals surface area contributed by atoms with Crippen molar-refractivity contribution < 1.29 is 14.3 Å². The van der Waals surface area contributed by atoms with Gasteiger partial charge < -0.3 is 15.0 Å². The molecule has 0 saturated carbocycles. The largest absolute Gasteiger partial charge is 0.444 e. The van der Waals surface area contributed by atoms with Crippen molar-refractivity contribution in [1.29, 1.82) is 0 Å². The smallest absolute Gasteiger partial charge is 0.410 e. The monoisotopic (exact) mass is 338 g/mol. The Bertz CT molecular complexity index is 516. The molecule has 1 heterocycles. The molecule has 1 rings (SSSR count). The summed E-state index contributed by atoms with van der Waals surface area (Å²) in [5, 5.41) is 3.07. The lowest BCUT2D eigenvalue weighted by molar-refractivity contribution is -0.135. The highest BCUT2D eigenvalue weighted by atomic mass is 16.6. The first-order chi connectivity index (χ1) is 10.6. The zero-order valence-electron chi connectivity index (χ0n) is 16.6.